The molecule has 0 aliphatic heterocycles. The number of nitrogen functional groups attached to an aromatic ring is 1. The Hall–Kier alpha value is -2.49. The summed E-state index contributed by atoms with van der Waals surface area (Å²) in [5.41, 5.74) is 14.8. The molecule has 0 aromatic heterocycles. The number of primary amides is 1. The van der Waals surface area contributed by atoms with E-state index in [-0.39, 0.29) is 0 Å². The number of nitrogens with two attached hydrogens (primary N) is 2. The number of benzene rings is 2. The Balaban J connectivity index is 2.27. The first-order valence-corrected chi connectivity index (χ1v) is 5.59. The summed E-state index contributed by atoms with van der Waals surface area (Å²) in [7, 11) is 0. The normalized spacial score (nSPS) is 10.1. The highest BCUT2D eigenvalue weighted by molar-refractivity contribution is 5.95. The number of hydrogen-bond donors (Lipinski definition) is 3. The van der Waals surface area contributed by atoms with Crippen LogP contribution in [0.4, 0.5) is 17.1 Å². The Labute approximate surface area is 106 Å². The van der Waals surface area contributed by atoms with Gasteiger partial charge in [0.15, 0.2) is 0 Å². The third-order valence-corrected chi connectivity index (χ3v) is 2.63. The number of rotatable bonds is 3. The van der Waals surface area contributed by atoms with Crippen LogP contribution >= 0.6 is 0 Å². The molecule has 0 aliphatic carbocycles. The lowest BCUT2D eigenvalue weighted by atomic mass is 10.1. The Morgan fingerprint density at radius 2 is 1.94 bits per heavy atom. The van der Waals surface area contributed by atoms with Crippen molar-refractivity contribution < 1.29 is 4.79 Å². The topological polar surface area (TPSA) is 81.1 Å². The van der Waals surface area contributed by atoms with Crippen molar-refractivity contribution in [1.29, 1.82) is 0 Å². The molecule has 4 nitrogen and oxygen atoms in total. The highest BCUT2D eigenvalue weighted by Gasteiger charge is 2.05. The number of nitrogens with one attached hydrogen (secondary N) is 1. The fourth-order valence-corrected chi connectivity index (χ4v) is 1.71. The van der Waals surface area contributed by atoms with Gasteiger partial charge in [-0.25, -0.2) is 0 Å². The summed E-state index contributed by atoms with van der Waals surface area (Å²) < 4.78 is 0. The molecule has 92 valence electrons. The second-order valence-electron chi connectivity index (χ2n) is 4.16. The molecule has 0 heterocycles. The molecule has 0 saturated heterocycles. The van der Waals surface area contributed by atoms with Crippen molar-refractivity contribution in [3.8, 4) is 0 Å². The first-order valence-electron chi connectivity index (χ1n) is 5.59. The van der Waals surface area contributed by atoms with E-state index in [1.807, 2.05) is 31.2 Å². The van der Waals surface area contributed by atoms with E-state index in [4.69, 9.17) is 11.5 Å². The summed E-state index contributed by atoms with van der Waals surface area (Å²) in [6.07, 6.45) is 0. The Kier molecular flexibility index (Phi) is 3.19. The molecule has 2 aromatic rings. The van der Waals surface area contributed by atoms with E-state index < -0.39 is 5.91 Å². The highest BCUT2D eigenvalue weighted by Crippen LogP contribution is 2.24. The van der Waals surface area contributed by atoms with Crippen LogP contribution in [0.2, 0.25) is 0 Å². The van der Waals surface area contributed by atoms with Crippen molar-refractivity contribution in [3.05, 3.63) is 53.6 Å². The van der Waals surface area contributed by atoms with E-state index in [9.17, 15) is 4.79 Å². The van der Waals surface area contributed by atoms with Gasteiger partial charge in [-0.15, -0.1) is 0 Å². The van der Waals surface area contributed by atoms with Crippen LogP contribution in [0.15, 0.2) is 42.5 Å². The van der Waals surface area contributed by atoms with Gasteiger partial charge in [0.05, 0.1) is 11.4 Å². The first kappa shape index (κ1) is 12.0. The van der Waals surface area contributed by atoms with Gasteiger partial charge >= 0.3 is 0 Å². The van der Waals surface area contributed by atoms with Crippen molar-refractivity contribution in [3.63, 3.8) is 0 Å². The maximum Gasteiger partial charge on any atom is 0.248 e. The van der Waals surface area contributed by atoms with Crippen molar-refractivity contribution in [2.75, 3.05) is 11.1 Å². The molecule has 0 unspecified atom stereocenters. The molecule has 0 saturated carbocycles. The Morgan fingerprint density at radius 1 is 1.17 bits per heavy atom. The molecule has 2 aromatic carbocycles. The van der Waals surface area contributed by atoms with Gasteiger partial charge in [0, 0.05) is 11.3 Å². The number of aryl methyl sites for hydroxylation is 1. The Bertz CT molecular complexity index is 593. The second-order valence-corrected chi connectivity index (χ2v) is 4.16. The van der Waals surface area contributed by atoms with Crippen molar-refractivity contribution in [2.45, 2.75) is 6.92 Å². The number of carbonyl (C=O) groups excluding carboxylic acids is 1. The van der Waals surface area contributed by atoms with E-state index in [2.05, 4.69) is 5.32 Å². The molecule has 0 aliphatic rings. The van der Waals surface area contributed by atoms with Gasteiger partial charge in [-0.05, 0) is 42.8 Å². The maximum absolute atomic E-state index is 11.0. The molecule has 0 fully saturated rings. The SMILES string of the molecule is Cc1cccc(Nc2ccc(C(N)=O)cc2N)c1. The fraction of sp³-hybridized carbons (Fsp3) is 0.0714. The zero-order valence-electron chi connectivity index (χ0n) is 10.1. The number of carbonyl (C=O) groups is 1. The zero-order chi connectivity index (χ0) is 13.1. The van der Waals surface area contributed by atoms with Gasteiger partial charge < -0.3 is 16.8 Å². The summed E-state index contributed by atoms with van der Waals surface area (Å²) in [4.78, 5) is 11.0. The largest absolute Gasteiger partial charge is 0.397 e. The van der Waals surface area contributed by atoms with Crippen molar-refractivity contribution >= 4 is 23.0 Å². The summed E-state index contributed by atoms with van der Waals surface area (Å²) in [6, 6.07) is 12.9. The smallest absolute Gasteiger partial charge is 0.248 e. The van der Waals surface area contributed by atoms with Gasteiger partial charge in [0.25, 0.3) is 0 Å². The van der Waals surface area contributed by atoms with E-state index in [1.54, 1.807) is 18.2 Å². The third kappa shape index (κ3) is 2.60. The van der Waals surface area contributed by atoms with Gasteiger partial charge in [0.2, 0.25) is 5.91 Å². The minimum atomic E-state index is -0.483. The standard InChI is InChI=1S/C14H15N3O/c1-9-3-2-4-11(7-9)17-13-6-5-10(14(16)18)8-12(13)15/h2-8,17H,15H2,1H3,(H2,16,18). The first-order chi connectivity index (χ1) is 8.56. The van der Waals surface area contributed by atoms with Crippen LogP contribution in [0.25, 0.3) is 0 Å². The van der Waals surface area contributed by atoms with E-state index in [1.165, 1.54) is 0 Å². The van der Waals surface area contributed by atoms with Gasteiger partial charge in [-0.3, -0.25) is 4.79 Å². The predicted molar refractivity (Wildman–Crippen MR) is 73.8 cm³/mol. The average molecular weight is 241 g/mol. The monoisotopic (exact) mass is 241 g/mol. The van der Waals surface area contributed by atoms with Gasteiger partial charge in [-0.1, -0.05) is 12.1 Å². The second kappa shape index (κ2) is 4.79. The maximum atomic E-state index is 11.0. The van der Waals surface area contributed by atoms with Crippen LogP contribution in [0, 0.1) is 6.92 Å². The average Bonchev–Trinajstić information content (AvgIpc) is 2.31. The summed E-state index contributed by atoms with van der Waals surface area (Å²) in [5, 5.41) is 3.20. The lowest BCUT2D eigenvalue weighted by Gasteiger charge is -2.10. The lowest BCUT2D eigenvalue weighted by Crippen LogP contribution is -2.11. The Morgan fingerprint density at radius 3 is 2.56 bits per heavy atom. The molecule has 0 spiro atoms. The third-order valence-electron chi connectivity index (χ3n) is 2.63. The predicted octanol–water partition coefficient (Wildman–Crippen LogP) is 2.42. The molecule has 5 N–H and O–H groups in total. The fourth-order valence-electron chi connectivity index (χ4n) is 1.71. The molecule has 0 bridgehead atoms. The van der Waals surface area contributed by atoms with Crippen LogP contribution in [-0.2, 0) is 0 Å². The number of hydrogen-bond acceptors (Lipinski definition) is 3. The molecule has 0 atom stereocenters. The quantitative estimate of drug-likeness (QED) is 0.722. The van der Waals surface area contributed by atoms with Crippen molar-refractivity contribution in [1.82, 2.24) is 0 Å². The molecular weight excluding hydrogens is 226 g/mol. The van der Waals surface area contributed by atoms with Gasteiger partial charge in [0.1, 0.15) is 0 Å². The minimum Gasteiger partial charge on any atom is -0.397 e. The molecule has 18 heavy (non-hydrogen) atoms. The molecule has 0 radical (unpaired) electrons. The lowest BCUT2D eigenvalue weighted by molar-refractivity contribution is 0.100. The van der Waals surface area contributed by atoms with Crippen molar-refractivity contribution in [2.24, 2.45) is 5.73 Å². The van der Waals surface area contributed by atoms with Gasteiger partial charge in [-0.2, -0.15) is 0 Å². The van der Waals surface area contributed by atoms with Crippen LogP contribution in [0.1, 0.15) is 15.9 Å². The molecule has 4 heteroatoms. The summed E-state index contributed by atoms with van der Waals surface area (Å²) in [5.74, 6) is -0.483. The summed E-state index contributed by atoms with van der Waals surface area (Å²) in [6.45, 7) is 2.02. The summed E-state index contributed by atoms with van der Waals surface area (Å²) >= 11 is 0. The van der Waals surface area contributed by atoms with Crippen LogP contribution in [-0.4, -0.2) is 5.91 Å². The van der Waals surface area contributed by atoms with Crippen LogP contribution in [0.5, 0.6) is 0 Å². The minimum absolute atomic E-state index is 0.405. The highest BCUT2D eigenvalue weighted by atomic mass is 16.1. The van der Waals surface area contributed by atoms with E-state index in [0.29, 0.717) is 11.3 Å². The van der Waals surface area contributed by atoms with Crippen LogP contribution < -0.4 is 16.8 Å². The molecule has 1 amide bonds. The number of amides is 1. The number of anilines is 3. The van der Waals surface area contributed by atoms with Crippen LogP contribution in [0.3, 0.4) is 0 Å². The van der Waals surface area contributed by atoms with E-state index in [0.717, 1.165) is 16.9 Å². The van der Waals surface area contributed by atoms with E-state index >= 15 is 0 Å². The molecule has 2 rings (SSSR count). The zero-order valence-corrected chi connectivity index (χ0v) is 10.1. The molecular formula is C14H15N3O.